The largest absolute Gasteiger partial charge is 0.354 e. The van der Waals surface area contributed by atoms with Gasteiger partial charge in [0.2, 0.25) is 0 Å². The second-order valence-electron chi connectivity index (χ2n) is 3.91. The summed E-state index contributed by atoms with van der Waals surface area (Å²) in [6.07, 6.45) is 0.599. The first kappa shape index (κ1) is 15.7. The summed E-state index contributed by atoms with van der Waals surface area (Å²) in [4.78, 5) is 0. The molecule has 0 amide bonds. The summed E-state index contributed by atoms with van der Waals surface area (Å²) >= 11 is 12.3. The van der Waals surface area contributed by atoms with Gasteiger partial charge in [0.1, 0.15) is 0 Å². The molecule has 0 aromatic heterocycles. The van der Waals surface area contributed by atoms with Crippen molar-refractivity contribution in [1.82, 2.24) is 5.32 Å². The van der Waals surface area contributed by atoms with Crippen molar-refractivity contribution in [3.63, 3.8) is 0 Å². The Morgan fingerprint density at radius 3 is 2.44 bits per heavy atom. The molecule has 0 aliphatic rings. The lowest BCUT2D eigenvalue weighted by Gasteiger charge is -2.27. The van der Waals surface area contributed by atoms with E-state index in [4.69, 9.17) is 32.7 Å². The highest BCUT2D eigenvalue weighted by Crippen LogP contribution is 2.32. The molecule has 0 heterocycles. The van der Waals surface area contributed by atoms with E-state index in [-0.39, 0.29) is 6.04 Å². The first-order chi connectivity index (χ1) is 8.65. The first-order valence-electron chi connectivity index (χ1n) is 5.88. The summed E-state index contributed by atoms with van der Waals surface area (Å²) < 4.78 is 10.6. The van der Waals surface area contributed by atoms with E-state index in [0.29, 0.717) is 10.0 Å². The van der Waals surface area contributed by atoms with Crippen LogP contribution >= 0.6 is 23.2 Å². The van der Waals surface area contributed by atoms with Gasteiger partial charge in [0.25, 0.3) is 0 Å². The van der Waals surface area contributed by atoms with Crippen molar-refractivity contribution in [1.29, 1.82) is 0 Å². The summed E-state index contributed by atoms with van der Waals surface area (Å²) in [6, 6.07) is 5.41. The van der Waals surface area contributed by atoms with Crippen molar-refractivity contribution in [2.45, 2.75) is 25.7 Å². The smallest absolute Gasteiger partial charge is 0.176 e. The van der Waals surface area contributed by atoms with E-state index in [2.05, 4.69) is 12.2 Å². The minimum absolute atomic E-state index is 0.147. The maximum Gasteiger partial charge on any atom is 0.176 e. The Labute approximate surface area is 118 Å². The molecular weight excluding hydrogens is 273 g/mol. The minimum atomic E-state index is -0.410. The summed E-state index contributed by atoms with van der Waals surface area (Å²) in [5.74, 6) is 0. The molecule has 3 nitrogen and oxygen atoms in total. The van der Waals surface area contributed by atoms with Gasteiger partial charge in [-0.1, -0.05) is 42.3 Å². The summed E-state index contributed by atoms with van der Waals surface area (Å²) in [7, 11) is 3.21. The molecule has 102 valence electrons. The Balaban J connectivity index is 3.04. The zero-order chi connectivity index (χ0) is 13.5. The summed E-state index contributed by atoms with van der Waals surface area (Å²) in [6.45, 7) is 2.94. The molecule has 1 aromatic carbocycles. The highest BCUT2D eigenvalue weighted by molar-refractivity contribution is 6.42. The van der Waals surface area contributed by atoms with Crippen LogP contribution in [0.1, 0.15) is 24.9 Å². The molecule has 1 atom stereocenters. The van der Waals surface area contributed by atoms with Crippen molar-refractivity contribution in [2.75, 3.05) is 20.8 Å². The number of hydrogen-bond acceptors (Lipinski definition) is 3. The third-order valence-corrected chi connectivity index (χ3v) is 3.50. The molecule has 0 aliphatic carbocycles. The Hall–Kier alpha value is -0.320. The fourth-order valence-corrected chi connectivity index (χ4v) is 2.21. The topological polar surface area (TPSA) is 30.5 Å². The lowest BCUT2D eigenvalue weighted by Crippen LogP contribution is -2.35. The number of rotatable bonds is 7. The molecular formula is C13H19Cl2NO2. The van der Waals surface area contributed by atoms with Crippen molar-refractivity contribution in [3.8, 4) is 0 Å². The maximum atomic E-state index is 6.24. The van der Waals surface area contributed by atoms with E-state index >= 15 is 0 Å². The lowest BCUT2D eigenvalue weighted by molar-refractivity contribution is -0.124. The predicted molar refractivity (Wildman–Crippen MR) is 75.3 cm³/mol. The fraction of sp³-hybridized carbons (Fsp3) is 0.538. The van der Waals surface area contributed by atoms with Gasteiger partial charge in [0, 0.05) is 14.2 Å². The van der Waals surface area contributed by atoms with Gasteiger partial charge >= 0.3 is 0 Å². The van der Waals surface area contributed by atoms with Gasteiger partial charge in [-0.25, -0.2) is 0 Å². The highest BCUT2D eigenvalue weighted by atomic mass is 35.5. The average Bonchev–Trinajstić information content (AvgIpc) is 2.38. The van der Waals surface area contributed by atoms with Crippen LogP contribution in [0.15, 0.2) is 18.2 Å². The minimum Gasteiger partial charge on any atom is -0.354 e. The standard InChI is InChI=1S/C13H19Cl2NO2/c1-4-8-16-12(13(17-2)18-3)9-6-5-7-10(14)11(9)15/h5-7,12-13,16H,4,8H2,1-3H3. The monoisotopic (exact) mass is 291 g/mol. The van der Waals surface area contributed by atoms with E-state index in [9.17, 15) is 0 Å². The molecule has 1 N–H and O–H groups in total. The Morgan fingerprint density at radius 1 is 1.22 bits per heavy atom. The number of hydrogen-bond donors (Lipinski definition) is 1. The van der Waals surface area contributed by atoms with Crippen molar-refractivity contribution >= 4 is 23.2 Å². The predicted octanol–water partition coefficient (Wildman–Crippen LogP) is 3.65. The quantitative estimate of drug-likeness (QED) is 0.778. The first-order valence-corrected chi connectivity index (χ1v) is 6.64. The molecule has 0 saturated heterocycles. The number of ether oxygens (including phenoxy) is 2. The molecule has 5 heteroatoms. The van der Waals surface area contributed by atoms with Gasteiger partial charge < -0.3 is 14.8 Å². The van der Waals surface area contributed by atoms with E-state index < -0.39 is 6.29 Å². The zero-order valence-corrected chi connectivity index (χ0v) is 12.4. The molecule has 1 aromatic rings. The Bertz CT molecular complexity index is 370. The second kappa shape index (κ2) is 7.97. The molecule has 0 fully saturated rings. The Morgan fingerprint density at radius 2 is 1.89 bits per heavy atom. The van der Waals surface area contributed by atoms with Gasteiger partial charge in [-0.05, 0) is 24.6 Å². The van der Waals surface area contributed by atoms with Crippen molar-refractivity contribution in [3.05, 3.63) is 33.8 Å². The summed E-state index contributed by atoms with van der Waals surface area (Å²) in [5.41, 5.74) is 0.881. The van der Waals surface area contributed by atoms with Crippen LogP contribution in [0, 0.1) is 0 Å². The van der Waals surface area contributed by atoms with Crippen molar-refractivity contribution < 1.29 is 9.47 Å². The zero-order valence-electron chi connectivity index (χ0n) is 10.9. The van der Waals surface area contributed by atoms with Gasteiger partial charge in [0.15, 0.2) is 6.29 Å². The fourth-order valence-electron chi connectivity index (χ4n) is 1.78. The van der Waals surface area contributed by atoms with Gasteiger partial charge in [0.05, 0.1) is 16.1 Å². The van der Waals surface area contributed by atoms with E-state index in [1.54, 1.807) is 20.3 Å². The maximum absolute atomic E-state index is 6.24. The molecule has 0 saturated carbocycles. The van der Waals surface area contributed by atoms with E-state index in [1.165, 1.54) is 0 Å². The number of halogens is 2. The number of methoxy groups -OCH3 is 2. The van der Waals surface area contributed by atoms with Crippen LogP contribution < -0.4 is 5.32 Å². The van der Waals surface area contributed by atoms with Crippen LogP contribution in [0.4, 0.5) is 0 Å². The molecule has 1 rings (SSSR count). The molecule has 0 aliphatic heterocycles. The normalized spacial score (nSPS) is 13.0. The van der Waals surface area contributed by atoms with Gasteiger partial charge in [-0.15, -0.1) is 0 Å². The van der Waals surface area contributed by atoms with Crippen LogP contribution in [0.5, 0.6) is 0 Å². The van der Waals surface area contributed by atoms with Crippen LogP contribution in [-0.4, -0.2) is 27.1 Å². The van der Waals surface area contributed by atoms with E-state index in [0.717, 1.165) is 18.5 Å². The second-order valence-corrected chi connectivity index (χ2v) is 4.70. The van der Waals surface area contributed by atoms with Gasteiger partial charge in [-0.2, -0.15) is 0 Å². The third kappa shape index (κ3) is 3.84. The van der Waals surface area contributed by atoms with Crippen LogP contribution in [0.3, 0.4) is 0 Å². The van der Waals surface area contributed by atoms with Crippen molar-refractivity contribution in [2.24, 2.45) is 0 Å². The molecule has 1 unspecified atom stereocenters. The third-order valence-electron chi connectivity index (χ3n) is 2.67. The highest BCUT2D eigenvalue weighted by Gasteiger charge is 2.25. The molecule has 18 heavy (non-hydrogen) atoms. The number of nitrogens with one attached hydrogen (secondary N) is 1. The number of benzene rings is 1. The van der Waals surface area contributed by atoms with Gasteiger partial charge in [-0.3, -0.25) is 0 Å². The average molecular weight is 292 g/mol. The summed E-state index contributed by atoms with van der Waals surface area (Å²) in [5, 5.41) is 4.43. The van der Waals surface area contributed by atoms with Crippen LogP contribution in [-0.2, 0) is 9.47 Å². The molecule has 0 bridgehead atoms. The SMILES string of the molecule is CCCNC(c1cccc(Cl)c1Cl)C(OC)OC. The molecule has 0 spiro atoms. The Kier molecular flexibility index (Phi) is 6.97. The van der Waals surface area contributed by atoms with E-state index in [1.807, 2.05) is 12.1 Å². The lowest BCUT2D eigenvalue weighted by atomic mass is 10.1. The van der Waals surface area contributed by atoms with Crippen LogP contribution in [0.25, 0.3) is 0 Å². The molecule has 0 radical (unpaired) electrons. The van der Waals surface area contributed by atoms with Crippen LogP contribution in [0.2, 0.25) is 10.0 Å².